The quantitative estimate of drug-likeness (QED) is 0.242. The molecule has 0 aromatic heterocycles. The molecule has 0 atom stereocenters. The summed E-state index contributed by atoms with van der Waals surface area (Å²) in [4.78, 5) is 2.43. The van der Waals surface area contributed by atoms with Crippen molar-refractivity contribution < 1.29 is 9.47 Å². The van der Waals surface area contributed by atoms with Crippen LogP contribution >= 0.6 is 0 Å². The van der Waals surface area contributed by atoms with Gasteiger partial charge in [-0.15, -0.1) is 0 Å². The highest BCUT2D eigenvalue weighted by Gasteiger charge is 2.35. The highest BCUT2D eigenvalue weighted by atomic mass is 16.7. The molecule has 23 heavy (non-hydrogen) atoms. The molecule has 0 aliphatic rings. The molecule has 0 spiro atoms. The Kier molecular flexibility index (Phi) is 15.3. The van der Waals surface area contributed by atoms with Crippen LogP contribution in [0.5, 0.6) is 0 Å². The van der Waals surface area contributed by atoms with Crippen molar-refractivity contribution in [3.8, 4) is 0 Å². The second-order valence-corrected chi connectivity index (χ2v) is 6.69. The Bertz CT molecular complexity index is 234. The van der Waals surface area contributed by atoms with Gasteiger partial charge in [-0.2, -0.15) is 0 Å². The molecule has 0 aromatic rings. The Hall–Kier alpha value is -0.120. The number of methoxy groups -OCH3 is 2. The standard InChI is InChI=1S/C20H43NO2/c1-6-9-12-13-14-15-16-17-20(22-4,23-5)21(18-10-7-2)19-11-8-3/h6-19H2,1-5H3. The van der Waals surface area contributed by atoms with E-state index in [-0.39, 0.29) is 0 Å². The minimum atomic E-state index is -0.520. The van der Waals surface area contributed by atoms with Crippen molar-refractivity contribution >= 4 is 0 Å². The van der Waals surface area contributed by atoms with Crippen molar-refractivity contribution in [1.29, 1.82) is 0 Å². The molecule has 0 amide bonds. The molecular weight excluding hydrogens is 286 g/mol. The topological polar surface area (TPSA) is 21.7 Å². The molecule has 0 saturated carbocycles. The van der Waals surface area contributed by atoms with Crippen LogP contribution in [0.4, 0.5) is 0 Å². The van der Waals surface area contributed by atoms with Crippen LogP contribution in [-0.4, -0.2) is 38.1 Å². The first kappa shape index (κ1) is 22.9. The van der Waals surface area contributed by atoms with E-state index in [9.17, 15) is 0 Å². The number of hydrogen-bond donors (Lipinski definition) is 0. The summed E-state index contributed by atoms with van der Waals surface area (Å²) >= 11 is 0. The first-order chi connectivity index (χ1) is 11.2. The minimum Gasteiger partial charge on any atom is -0.341 e. The summed E-state index contributed by atoms with van der Waals surface area (Å²) in [7, 11) is 3.60. The largest absolute Gasteiger partial charge is 0.341 e. The summed E-state index contributed by atoms with van der Waals surface area (Å²) in [6.07, 6.45) is 15.1. The Morgan fingerprint density at radius 3 is 1.48 bits per heavy atom. The first-order valence-electron chi connectivity index (χ1n) is 10.1. The zero-order valence-corrected chi connectivity index (χ0v) is 16.7. The van der Waals surface area contributed by atoms with E-state index in [1.165, 1.54) is 70.6 Å². The Labute approximate surface area is 146 Å². The van der Waals surface area contributed by atoms with Gasteiger partial charge in [0.1, 0.15) is 0 Å². The molecule has 0 bridgehead atoms. The third-order valence-corrected chi connectivity index (χ3v) is 4.78. The molecule has 0 N–H and O–H groups in total. The summed E-state index contributed by atoms with van der Waals surface area (Å²) in [5, 5.41) is 0. The lowest BCUT2D eigenvalue weighted by Gasteiger charge is -2.41. The fraction of sp³-hybridized carbons (Fsp3) is 1.00. The Morgan fingerprint density at radius 2 is 1.04 bits per heavy atom. The molecule has 140 valence electrons. The van der Waals surface area contributed by atoms with E-state index in [0.717, 1.165) is 19.5 Å². The molecule has 0 aromatic carbocycles. The van der Waals surface area contributed by atoms with E-state index in [0.29, 0.717) is 0 Å². The average molecular weight is 330 g/mol. The molecule has 3 heteroatoms. The molecule has 3 nitrogen and oxygen atoms in total. The number of unbranched alkanes of at least 4 members (excludes halogenated alkanes) is 8. The SMILES string of the molecule is CCCCCCCCCC(OC)(OC)N(CCCC)CCCC. The zero-order valence-electron chi connectivity index (χ0n) is 16.7. The molecule has 0 radical (unpaired) electrons. The Balaban J connectivity index is 4.40. The maximum absolute atomic E-state index is 5.89. The monoisotopic (exact) mass is 329 g/mol. The molecule has 0 rings (SSSR count). The zero-order chi connectivity index (χ0) is 17.4. The van der Waals surface area contributed by atoms with Gasteiger partial charge in [-0.05, 0) is 19.3 Å². The molecule has 0 aliphatic heterocycles. The lowest BCUT2D eigenvalue weighted by atomic mass is 10.1. The van der Waals surface area contributed by atoms with Crippen molar-refractivity contribution in [3.05, 3.63) is 0 Å². The van der Waals surface area contributed by atoms with E-state index in [1.54, 1.807) is 14.2 Å². The van der Waals surface area contributed by atoms with Gasteiger partial charge in [-0.3, -0.25) is 4.90 Å². The highest BCUT2D eigenvalue weighted by molar-refractivity contribution is 4.73. The van der Waals surface area contributed by atoms with Crippen molar-refractivity contribution in [2.75, 3.05) is 27.3 Å². The van der Waals surface area contributed by atoms with E-state index in [1.807, 2.05) is 0 Å². The lowest BCUT2D eigenvalue weighted by molar-refractivity contribution is -0.300. The molecular formula is C20H43NO2. The number of hydrogen-bond acceptors (Lipinski definition) is 3. The summed E-state index contributed by atoms with van der Waals surface area (Å²) in [6, 6.07) is 0. The third kappa shape index (κ3) is 9.69. The maximum Gasteiger partial charge on any atom is 0.229 e. The second-order valence-electron chi connectivity index (χ2n) is 6.69. The van der Waals surface area contributed by atoms with Gasteiger partial charge in [0.25, 0.3) is 0 Å². The van der Waals surface area contributed by atoms with Crippen LogP contribution in [0.25, 0.3) is 0 Å². The summed E-state index contributed by atoms with van der Waals surface area (Å²) < 4.78 is 11.8. The van der Waals surface area contributed by atoms with E-state index in [4.69, 9.17) is 9.47 Å². The Morgan fingerprint density at radius 1 is 0.609 bits per heavy atom. The third-order valence-electron chi connectivity index (χ3n) is 4.78. The fourth-order valence-corrected chi connectivity index (χ4v) is 3.16. The van der Waals surface area contributed by atoms with E-state index < -0.39 is 5.91 Å². The van der Waals surface area contributed by atoms with Crippen LogP contribution in [0.1, 0.15) is 97.8 Å². The van der Waals surface area contributed by atoms with Crippen LogP contribution in [0.15, 0.2) is 0 Å². The predicted molar refractivity (Wildman–Crippen MR) is 101 cm³/mol. The first-order valence-corrected chi connectivity index (χ1v) is 10.1. The van der Waals surface area contributed by atoms with Gasteiger partial charge in [0, 0.05) is 33.7 Å². The molecule has 0 saturated heterocycles. The van der Waals surface area contributed by atoms with E-state index in [2.05, 4.69) is 25.7 Å². The van der Waals surface area contributed by atoms with Crippen LogP contribution in [-0.2, 0) is 9.47 Å². The summed E-state index contributed by atoms with van der Waals surface area (Å²) in [6.45, 7) is 8.89. The molecule has 0 aliphatic carbocycles. The fourth-order valence-electron chi connectivity index (χ4n) is 3.16. The van der Waals surface area contributed by atoms with Gasteiger partial charge in [0.05, 0.1) is 0 Å². The summed E-state index contributed by atoms with van der Waals surface area (Å²) in [5.41, 5.74) is 0. The van der Waals surface area contributed by atoms with Gasteiger partial charge >= 0.3 is 0 Å². The smallest absolute Gasteiger partial charge is 0.229 e. The van der Waals surface area contributed by atoms with Crippen LogP contribution < -0.4 is 0 Å². The van der Waals surface area contributed by atoms with Crippen LogP contribution in [0, 0.1) is 0 Å². The van der Waals surface area contributed by atoms with Crippen LogP contribution in [0.3, 0.4) is 0 Å². The highest BCUT2D eigenvalue weighted by Crippen LogP contribution is 2.26. The van der Waals surface area contributed by atoms with Crippen LogP contribution in [0.2, 0.25) is 0 Å². The van der Waals surface area contributed by atoms with Gasteiger partial charge in [0.2, 0.25) is 5.91 Å². The van der Waals surface area contributed by atoms with Gasteiger partial charge < -0.3 is 9.47 Å². The van der Waals surface area contributed by atoms with Gasteiger partial charge in [-0.1, -0.05) is 72.1 Å². The lowest BCUT2D eigenvalue weighted by Crippen LogP contribution is -2.52. The van der Waals surface area contributed by atoms with Crippen molar-refractivity contribution in [3.63, 3.8) is 0 Å². The normalized spacial score (nSPS) is 12.3. The number of ether oxygens (including phenoxy) is 2. The summed E-state index contributed by atoms with van der Waals surface area (Å²) in [5.74, 6) is -0.520. The van der Waals surface area contributed by atoms with Gasteiger partial charge in [0.15, 0.2) is 0 Å². The number of rotatable bonds is 17. The van der Waals surface area contributed by atoms with Crippen molar-refractivity contribution in [2.45, 2.75) is 104 Å². The molecule has 0 heterocycles. The molecule has 0 unspecified atom stereocenters. The van der Waals surface area contributed by atoms with Gasteiger partial charge in [-0.25, -0.2) is 0 Å². The van der Waals surface area contributed by atoms with Crippen molar-refractivity contribution in [2.24, 2.45) is 0 Å². The second kappa shape index (κ2) is 15.4. The maximum atomic E-state index is 5.89. The predicted octanol–water partition coefficient (Wildman–Crippen LogP) is 5.98. The van der Waals surface area contributed by atoms with E-state index >= 15 is 0 Å². The molecule has 0 fully saturated rings. The number of nitrogens with zero attached hydrogens (tertiary/aromatic N) is 1. The minimum absolute atomic E-state index is 0.520. The average Bonchev–Trinajstić information content (AvgIpc) is 2.58. The van der Waals surface area contributed by atoms with Crippen molar-refractivity contribution in [1.82, 2.24) is 4.90 Å².